The van der Waals surface area contributed by atoms with Crippen LogP contribution in [-0.4, -0.2) is 40.5 Å². The summed E-state index contributed by atoms with van der Waals surface area (Å²) in [5.41, 5.74) is 2.36. The predicted molar refractivity (Wildman–Crippen MR) is 128 cm³/mol. The molecule has 6 nitrogen and oxygen atoms in total. The number of ether oxygens (including phenoxy) is 1. The van der Waals surface area contributed by atoms with Crippen LogP contribution in [0.25, 0.3) is 22.4 Å². The van der Waals surface area contributed by atoms with Gasteiger partial charge in [0.05, 0.1) is 12.8 Å². The van der Waals surface area contributed by atoms with E-state index in [1.807, 2.05) is 12.1 Å². The number of aromatic hydroxyl groups is 1. The lowest BCUT2D eigenvalue weighted by atomic mass is 9.98. The summed E-state index contributed by atoms with van der Waals surface area (Å²) in [5.74, 6) is 1.83. The predicted octanol–water partition coefficient (Wildman–Crippen LogP) is 5.71. The molecule has 1 N–H and O–H groups in total. The Hall–Kier alpha value is -3.22. The Morgan fingerprint density at radius 1 is 0.970 bits per heavy atom. The fourth-order valence-corrected chi connectivity index (χ4v) is 4.66. The first-order valence-corrected chi connectivity index (χ1v) is 11.5. The van der Waals surface area contributed by atoms with Crippen LogP contribution < -0.4 is 9.64 Å². The number of pyridine rings is 1. The maximum absolute atomic E-state index is 13.8. The third kappa shape index (κ3) is 5.24. The van der Waals surface area contributed by atoms with Crippen LogP contribution in [0.1, 0.15) is 39.5 Å². The number of benzene rings is 1. The summed E-state index contributed by atoms with van der Waals surface area (Å²) in [6, 6.07) is 12.4. The largest absolute Gasteiger partial charge is 0.507 e. The maximum Gasteiger partial charge on any atom is 0.216 e. The van der Waals surface area contributed by atoms with Gasteiger partial charge in [-0.3, -0.25) is 0 Å². The highest BCUT2D eigenvalue weighted by molar-refractivity contribution is 5.74. The van der Waals surface area contributed by atoms with Gasteiger partial charge in [-0.05, 0) is 60.1 Å². The second-order valence-corrected chi connectivity index (χ2v) is 9.25. The Morgan fingerprint density at radius 2 is 1.70 bits per heavy atom. The molecule has 1 aliphatic carbocycles. The summed E-state index contributed by atoms with van der Waals surface area (Å²) >= 11 is 0. The molecule has 3 aromatic rings. The Kier molecular flexibility index (Phi) is 6.77. The zero-order valence-electron chi connectivity index (χ0n) is 19.6. The van der Waals surface area contributed by atoms with Crippen molar-refractivity contribution in [1.29, 1.82) is 0 Å². The molecule has 0 bridgehead atoms. The first kappa shape index (κ1) is 23.0. The van der Waals surface area contributed by atoms with Crippen LogP contribution in [0.5, 0.6) is 11.6 Å². The molecule has 7 heteroatoms. The van der Waals surface area contributed by atoms with E-state index in [2.05, 4.69) is 41.0 Å². The molecule has 0 saturated heterocycles. The Bertz CT molecular complexity index is 1090. The smallest absolute Gasteiger partial charge is 0.216 e. The minimum Gasteiger partial charge on any atom is -0.507 e. The molecule has 1 aromatic carbocycles. The molecule has 0 spiro atoms. The zero-order valence-corrected chi connectivity index (χ0v) is 19.6. The molecule has 0 aliphatic heterocycles. The van der Waals surface area contributed by atoms with Gasteiger partial charge in [0.15, 0.2) is 5.82 Å². The van der Waals surface area contributed by atoms with Crippen LogP contribution in [0, 0.1) is 17.8 Å². The van der Waals surface area contributed by atoms with Gasteiger partial charge >= 0.3 is 0 Å². The van der Waals surface area contributed by atoms with Crippen LogP contribution >= 0.6 is 0 Å². The Balaban J connectivity index is 1.55. The molecule has 0 amide bonds. The van der Waals surface area contributed by atoms with Crippen LogP contribution in [0.3, 0.4) is 0 Å². The quantitative estimate of drug-likeness (QED) is 0.397. The molecule has 0 unspecified atom stereocenters. The first-order chi connectivity index (χ1) is 15.8. The summed E-state index contributed by atoms with van der Waals surface area (Å²) in [7, 11) is 3.52. The van der Waals surface area contributed by atoms with Crippen LogP contribution in [0.15, 0.2) is 42.5 Å². The number of anilines is 1. The molecule has 0 radical (unpaired) electrons. The lowest BCUT2D eigenvalue weighted by Crippen LogP contribution is -2.34. The molecule has 4 rings (SSSR count). The molecule has 1 fully saturated rings. The van der Waals surface area contributed by atoms with Gasteiger partial charge in [-0.1, -0.05) is 32.8 Å². The highest BCUT2D eigenvalue weighted by atomic mass is 19.1. The van der Waals surface area contributed by atoms with Crippen molar-refractivity contribution in [2.45, 2.75) is 45.6 Å². The average Bonchev–Trinajstić information content (AvgIpc) is 2.98. The number of phenolic OH excluding ortho intramolecular Hbond substituents is 1. The molecule has 1 aliphatic rings. The van der Waals surface area contributed by atoms with Crippen LogP contribution in [-0.2, 0) is 0 Å². The van der Waals surface area contributed by atoms with Crippen molar-refractivity contribution < 1.29 is 14.2 Å². The van der Waals surface area contributed by atoms with E-state index in [1.54, 1.807) is 24.3 Å². The average molecular weight is 451 g/mol. The summed E-state index contributed by atoms with van der Waals surface area (Å²) in [6.07, 6.45) is 4.88. The number of rotatable bonds is 5. The normalized spacial score (nSPS) is 20.8. The minimum absolute atomic E-state index is 0.0468. The van der Waals surface area contributed by atoms with Gasteiger partial charge in [-0.15, -0.1) is 10.2 Å². The first-order valence-electron chi connectivity index (χ1n) is 11.5. The third-order valence-corrected chi connectivity index (χ3v) is 6.65. The van der Waals surface area contributed by atoms with Gasteiger partial charge in [0.25, 0.3) is 0 Å². The standard InChI is InChI=1S/C26H31FN4O2/c1-16-5-6-17(2)12-20(11-16)31(3)25-10-9-22(29-30-25)21-8-7-18(13-23(21)32)19-14-24(27)28-26(15-19)33-4/h7-10,13-17,20,32H,5-6,11-12H2,1-4H3/t16-,17+,20+. The Morgan fingerprint density at radius 3 is 2.30 bits per heavy atom. The van der Waals surface area contributed by atoms with Crippen LogP contribution in [0.4, 0.5) is 10.2 Å². The minimum atomic E-state index is -0.643. The second kappa shape index (κ2) is 9.73. The number of hydrogen-bond donors (Lipinski definition) is 1. The number of methoxy groups -OCH3 is 1. The van der Waals surface area contributed by atoms with Gasteiger partial charge in [-0.2, -0.15) is 9.37 Å². The van der Waals surface area contributed by atoms with E-state index in [0.29, 0.717) is 40.3 Å². The van der Waals surface area contributed by atoms with E-state index < -0.39 is 5.95 Å². The lowest BCUT2D eigenvalue weighted by Gasteiger charge is -2.30. The number of nitrogens with zero attached hydrogens (tertiary/aromatic N) is 4. The van der Waals surface area contributed by atoms with Gasteiger partial charge in [0, 0.05) is 30.8 Å². The van der Waals surface area contributed by atoms with E-state index in [9.17, 15) is 9.50 Å². The monoisotopic (exact) mass is 450 g/mol. The summed E-state index contributed by atoms with van der Waals surface area (Å²) < 4.78 is 18.8. The highest BCUT2D eigenvalue weighted by Crippen LogP contribution is 2.34. The molecule has 1 saturated carbocycles. The maximum atomic E-state index is 13.8. The van der Waals surface area contributed by atoms with Crippen molar-refractivity contribution in [1.82, 2.24) is 15.2 Å². The van der Waals surface area contributed by atoms with Crippen LogP contribution in [0.2, 0.25) is 0 Å². The van der Waals surface area contributed by atoms with Crippen molar-refractivity contribution in [2.24, 2.45) is 11.8 Å². The number of phenols is 1. The van der Waals surface area contributed by atoms with Gasteiger partial charge in [-0.25, -0.2) is 0 Å². The number of hydrogen-bond acceptors (Lipinski definition) is 6. The molecule has 3 atom stereocenters. The van der Waals surface area contributed by atoms with E-state index in [-0.39, 0.29) is 11.6 Å². The molecule has 2 heterocycles. The van der Waals surface area contributed by atoms with Gasteiger partial charge in [0.1, 0.15) is 5.75 Å². The van der Waals surface area contributed by atoms with E-state index >= 15 is 0 Å². The van der Waals surface area contributed by atoms with Gasteiger partial charge in [0.2, 0.25) is 11.8 Å². The molecule has 174 valence electrons. The fourth-order valence-electron chi connectivity index (χ4n) is 4.66. The molecule has 2 aromatic heterocycles. The summed E-state index contributed by atoms with van der Waals surface area (Å²) in [6.45, 7) is 4.66. The van der Waals surface area contributed by atoms with Gasteiger partial charge < -0.3 is 14.7 Å². The third-order valence-electron chi connectivity index (χ3n) is 6.65. The summed E-state index contributed by atoms with van der Waals surface area (Å²) in [5, 5.41) is 19.5. The second-order valence-electron chi connectivity index (χ2n) is 9.25. The number of halogens is 1. The van der Waals surface area contributed by atoms with E-state index in [4.69, 9.17) is 4.74 Å². The van der Waals surface area contributed by atoms with Crippen molar-refractivity contribution in [3.8, 4) is 34.0 Å². The fraction of sp³-hybridized carbons (Fsp3) is 0.423. The molecular weight excluding hydrogens is 419 g/mol. The Labute approximate surface area is 194 Å². The van der Waals surface area contributed by atoms with Crippen molar-refractivity contribution in [3.63, 3.8) is 0 Å². The molecule has 33 heavy (non-hydrogen) atoms. The van der Waals surface area contributed by atoms with Crippen molar-refractivity contribution in [3.05, 3.63) is 48.4 Å². The molecular formula is C26H31FN4O2. The topological polar surface area (TPSA) is 71.4 Å². The van der Waals surface area contributed by atoms with Crippen molar-refractivity contribution in [2.75, 3.05) is 19.1 Å². The zero-order chi connectivity index (χ0) is 23.5. The number of aromatic nitrogens is 3. The lowest BCUT2D eigenvalue weighted by molar-refractivity contribution is 0.388. The SMILES string of the molecule is COc1cc(-c2ccc(-c3ccc(N(C)[C@H]4C[C@H](C)CC[C@H](C)C4)nn3)c(O)c2)cc(F)n1. The van der Waals surface area contributed by atoms with E-state index in [1.165, 1.54) is 26.0 Å². The highest BCUT2D eigenvalue weighted by Gasteiger charge is 2.25. The van der Waals surface area contributed by atoms with Crippen molar-refractivity contribution >= 4 is 5.82 Å². The van der Waals surface area contributed by atoms with E-state index in [0.717, 1.165) is 18.7 Å². The summed E-state index contributed by atoms with van der Waals surface area (Å²) in [4.78, 5) is 5.90.